The van der Waals surface area contributed by atoms with Crippen LogP contribution in [0, 0.1) is 11.8 Å². The van der Waals surface area contributed by atoms with Crippen molar-refractivity contribution < 1.29 is 14.0 Å². The molecular formula is C17H24O3Si. The van der Waals surface area contributed by atoms with Gasteiger partial charge in [0.25, 0.3) is 0 Å². The average molecular weight is 304 g/mol. The number of rotatable bonds is 3. The van der Waals surface area contributed by atoms with Crippen molar-refractivity contribution in [1.29, 1.82) is 0 Å². The van der Waals surface area contributed by atoms with Gasteiger partial charge in [0.15, 0.2) is 8.32 Å². The Bertz CT molecular complexity index is 559. The van der Waals surface area contributed by atoms with Gasteiger partial charge in [-0.2, -0.15) is 0 Å². The van der Waals surface area contributed by atoms with Gasteiger partial charge in [-0.15, -0.1) is 0 Å². The minimum absolute atomic E-state index is 0.166. The monoisotopic (exact) mass is 304 g/mol. The van der Waals surface area contributed by atoms with Gasteiger partial charge in [-0.25, -0.2) is 4.79 Å². The molecule has 1 aromatic carbocycles. The molecule has 0 radical (unpaired) electrons. The minimum Gasteiger partial charge on any atom is -0.459 e. The number of carbonyl (C=O) groups excluding carboxylic acids is 1. The Labute approximate surface area is 128 Å². The number of esters is 1. The number of benzene rings is 1. The van der Waals surface area contributed by atoms with Gasteiger partial charge in [0.1, 0.15) is 0 Å². The maximum Gasteiger partial charge on any atom is 0.384 e. The summed E-state index contributed by atoms with van der Waals surface area (Å²) in [6.45, 7) is 11.6. The van der Waals surface area contributed by atoms with Crippen LogP contribution in [0.3, 0.4) is 0 Å². The topological polar surface area (TPSA) is 35.5 Å². The van der Waals surface area contributed by atoms with Crippen molar-refractivity contribution in [1.82, 2.24) is 0 Å². The fourth-order valence-electron chi connectivity index (χ4n) is 1.41. The lowest BCUT2D eigenvalue weighted by atomic mass is 10.1. The lowest BCUT2D eigenvalue weighted by molar-refractivity contribution is -0.133. The molecule has 4 heteroatoms. The predicted molar refractivity (Wildman–Crippen MR) is 87.3 cm³/mol. The maximum atomic E-state index is 11.1. The number of methoxy groups -OCH3 is 1. The average Bonchev–Trinajstić information content (AvgIpc) is 2.42. The van der Waals surface area contributed by atoms with Crippen molar-refractivity contribution in [2.45, 2.75) is 45.5 Å². The lowest BCUT2D eigenvalue weighted by Gasteiger charge is -2.36. The van der Waals surface area contributed by atoms with Crippen molar-refractivity contribution in [2.75, 3.05) is 7.11 Å². The minimum atomic E-state index is -1.80. The van der Waals surface area contributed by atoms with Crippen LogP contribution >= 0.6 is 0 Å². The Morgan fingerprint density at radius 1 is 1.24 bits per heavy atom. The van der Waals surface area contributed by atoms with Gasteiger partial charge in [0, 0.05) is 11.5 Å². The molecule has 1 aromatic rings. The van der Waals surface area contributed by atoms with Crippen LogP contribution in [0.4, 0.5) is 0 Å². The van der Waals surface area contributed by atoms with Crippen LogP contribution in [-0.2, 0) is 20.6 Å². The Balaban J connectivity index is 2.90. The molecule has 3 nitrogen and oxygen atoms in total. The molecule has 0 N–H and O–H groups in total. The molecule has 0 amide bonds. The SMILES string of the molecule is COC(=O)C#Cc1ccccc1CO[Si](C)(C)C(C)(C)C. The second kappa shape index (κ2) is 6.93. The molecule has 1 rings (SSSR count). The molecule has 0 aromatic heterocycles. The summed E-state index contributed by atoms with van der Waals surface area (Å²) in [4.78, 5) is 11.1. The van der Waals surface area contributed by atoms with E-state index in [-0.39, 0.29) is 5.04 Å². The van der Waals surface area contributed by atoms with Crippen molar-refractivity contribution in [3.8, 4) is 11.8 Å². The summed E-state index contributed by atoms with van der Waals surface area (Å²) in [5, 5.41) is 0.166. The fourth-order valence-corrected chi connectivity index (χ4v) is 2.36. The van der Waals surface area contributed by atoms with E-state index >= 15 is 0 Å². The molecule has 0 aliphatic heterocycles. The molecule has 0 saturated heterocycles. The fraction of sp³-hybridized carbons (Fsp3) is 0.471. The first-order chi connectivity index (χ1) is 9.67. The largest absolute Gasteiger partial charge is 0.459 e. The quantitative estimate of drug-likeness (QED) is 0.485. The van der Waals surface area contributed by atoms with E-state index in [0.717, 1.165) is 11.1 Å². The Morgan fingerprint density at radius 3 is 2.43 bits per heavy atom. The molecule has 0 heterocycles. The van der Waals surface area contributed by atoms with E-state index in [9.17, 15) is 4.79 Å². The van der Waals surface area contributed by atoms with Crippen LogP contribution in [0.2, 0.25) is 18.1 Å². The maximum absolute atomic E-state index is 11.1. The van der Waals surface area contributed by atoms with E-state index in [0.29, 0.717) is 6.61 Å². The number of ether oxygens (including phenoxy) is 1. The third-order valence-corrected chi connectivity index (χ3v) is 8.38. The van der Waals surface area contributed by atoms with Crippen LogP contribution in [0.15, 0.2) is 24.3 Å². The highest BCUT2D eigenvalue weighted by Crippen LogP contribution is 2.37. The summed E-state index contributed by atoms with van der Waals surface area (Å²) in [5.74, 6) is 4.78. The van der Waals surface area contributed by atoms with Gasteiger partial charge in [0.05, 0.1) is 13.7 Å². The highest BCUT2D eigenvalue weighted by molar-refractivity contribution is 6.74. The van der Waals surface area contributed by atoms with Crippen molar-refractivity contribution in [3.05, 3.63) is 35.4 Å². The number of hydrogen-bond acceptors (Lipinski definition) is 3. The van der Waals surface area contributed by atoms with Crippen molar-refractivity contribution in [3.63, 3.8) is 0 Å². The van der Waals surface area contributed by atoms with E-state index in [2.05, 4.69) is 50.4 Å². The summed E-state index contributed by atoms with van der Waals surface area (Å²) in [7, 11) is -0.479. The molecule has 0 saturated carbocycles. The molecule has 0 spiro atoms. The summed E-state index contributed by atoms with van der Waals surface area (Å²) in [6, 6.07) is 7.72. The van der Waals surface area contributed by atoms with Crippen LogP contribution < -0.4 is 0 Å². The molecule has 0 aliphatic carbocycles. The summed E-state index contributed by atoms with van der Waals surface area (Å²) >= 11 is 0. The highest BCUT2D eigenvalue weighted by atomic mass is 28.4. The zero-order valence-electron chi connectivity index (χ0n) is 13.7. The molecule has 21 heavy (non-hydrogen) atoms. The first-order valence-electron chi connectivity index (χ1n) is 6.99. The molecule has 0 unspecified atom stereocenters. The molecular weight excluding hydrogens is 280 g/mol. The summed E-state index contributed by atoms with van der Waals surface area (Å²) in [5.41, 5.74) is 1.81. The summed E-state index contributed by atoms with van der Waals surface area (Å²) in [6.07, 6.45) is 0. The first-order valence-corrected chi connectivity index (χ1v) is 9.90. The summed E-state index contributed by atoms with van der Waals surface area (Å²) < 4.78 is 10.7. The predicted octanol–water partition coefficient (Wildman–Crippen LogP) is 3.73. The zero-order valence-corrected chi connectivity index (χ0v) is 14.7. The van der Waals surface area contributed by atoms with Gasteiger partial charge in [-0.1, -0.05) is 44.9 Å². The second-order valence-corrected chi connectivity index (χ2v) is 11.3. The zero-order chi connectivity index (χ0) is 16.1. The van der Waals surface area contributed by atoms with Crippen molar-refractivity contribution in [2.24, 2.45) is 0 Å². The number of hydrogen-bond donors (Lipinski definition) is 0. The van der Waals surface area contributed by atoms with Gasteiger partial charge in [-0.3, -0.25) is 0 Å². The van der Waals surface area contributed by atoms with Crippen LogP contribution in [0.1, 0.15) is 31.9 Å². The Kier molecular flexibility index (Phi) is 5.76. The first kappa shape index (κ1) is 17.5. The molecule has 0 atom stereocenters. The smallest absolute Gasteiger partial charge is 0.384 e. The van der Waals surface area contributed by atoms with E-state index < -0.39 is 14.3 Å². The molecule has 0 aliphatic rings. The lowest BCUT2D eigenvalue weighted by Crippen LogP contribution is -2.40. The molecule has 0 fully saturated rings. The van der Waals surface area contributed by atoms with Gasteiger partial charge < -0.3 is 9.16 Å². The van der Waals surface area contributed by atoms with Crippen molar-refractivity contribution >= 4 is 14.3 Å². The second-order valence-electron chi connectivity index (χ2n) is 6.45. The van der Waals surface area contributed by atoms with Gasteiger partial charge >= 0.3 is 5.97 Å². The van der Waals surface area contributed by atoms with Crippen LogP contribution in [-0.4, -0.2) is 21.4 Å². The van der Waals surface area contributed by atoms with E-state index in [1.807, 2.05) is 24.3 Å². The van der Waals surface area contributed by atoms with E-state index in [4.69, 9.17) is 4.43 Å². The highest BCUT2D eigenvalue weighted by Gasteiger charge is 2.37. The van der Waals surface area contributed by atoms with Crippen LogP contribution in [0.25, 0.3) is 0 Å². The Morgan fingerprint density at radius 2 is 1.86 bits per heavy atom. The van der Waals surface area contributed by atoms with Gasteiger partial charge in [0.2, 0.25) is 0 Å². The number of carbonyl (C=O) groups is 1. The molecule has 114 valence electrons. The van der Waals surface area contributed by atoms with Gasteiger partial charge in [-0.05, 0) is 29.8 Å². The third kappa shape index (κ3) is 5.03. The Hall–Kier alpha value is -1.57. The van der Waals surface area contributed by atoms with Crippen LogP contribution in [0.5, 0.6) is 0 Å². The van der Waals surface area contributed by atoms with E-state index in [1.54, 1.807) is 0 Å². The standard InChI is InChI=1S/C17H24O3Si/c1-17(2,3)21(5,6)20-13-15-10-8-7-9-14(15)11-12-16(18)19-4/h7-10H,13H2,1-6H3. The molecule has 0 bridgehead atoms. The normalized spacial score (nSPS) is 11.5. The van der Waals surface area contributed by atoms with E-state index in [1.165, 1.54) is 7.11 Å². The third-order valence-electron chi connectivity index (χ3n) is 3.90.